The third-order valence-electron chi connectivity index (χ3n) is 4.69. The average Bonchev–Trinajstić information content (AvgIpc) is 2.61. The van der Waals surface area contributed by atoms with Crippen molar-refractivity contribution in [3.63, 3.8) is 0 Å². The number of carbonyl (C=O) groups excluding carboxylic acids is 1. The molecule has 0 amide bonds. The first-order chi connectivity index (χ1) is 8.81. The van der Waals surface area contributed by atoms with E-state index in [4.69, 9.17) is 7.85 Å². The predicted octanol–water partition coefficient (Wildman–Crippen LogP) is 4.23. The van der Waals surface area contributed by atoms with Crippen LogP contribution in [0.3, 0.4) is 0 Å². The molecule has 2 aliphatic carbocycles. The van der Waals surface area contributed by atoms with Gasteiger partial charge in [-0.3, -0.25) is 4.79 Å². The van der Waals surface area contributed by atoms with Crippen molar-refractivity contribution in [2.24, 2.45) is 11.8 Å². The van der Waals surface area contributed by atoms with Gasteiger partial charge in [0, 0.05) is 6.42 Å². The Balaban J connectivity index is 1.88. The highest BCUT2D eigenvalue weighted by molar-refractivity contribution is 6.08. The number of hydrogen-bond donors (Lipinski definition) is 0. The van der Waals surface area contributed by atoms with Gasteiger partial charge < -0.3 is 0 Å². The van der Waals surface area contributed by atoms with Crippen molar-refractivity contribution in [2.75, 3.05) is 0 Å². The summed E-state index contributed by atoms with van der Waals surface area (Å²) in [5, 5.41) is 0. The lowest BCUT2D eigenvalue weighted by atomic mass is 9.75. The highest BCUT2D eigenvalue weighted by Crippen LogP contribution is 2.39. The molecule has 2 rings (SSSR count). The number of hydrogen-bond acceptors (Lipinski definition) is 1. The molecule has 0 aromatic carbocycles. The molecule has 2 aliphatic rings. The molecule has 1 nitrogen and oxygen atoms in total. The van der Waals surface area contributed by atoms with Gasteiger partial charge in [0.05, 0.1) is 7.85 Å². The lowest BCUT2D eigenvalue weighted by molar-refractivity contribution is -0.116. The zero-order valence-corrected chi connectivity index (χ0v) is 11.5. The van der Waals surface area contributed by atoms with Crippen LogP contribution in [-0.2, 0) is 4.79 Å². The Morgan fingerprint density at radius 1 is 1.17 bits per heavy atom. The zero-order valence-electron chi connectivity index (χ0n) is 11.5. The third-order valence-corrected chi connectivity index (χ3v) is 4.69. The fraction of sp³-hybridized carbons (Fsp3) is 0.812. The van der Waals surface area contributed by atoms with Gasteiger partial charge in [0.15, 0.2) is 5.78 Å². The second-order valence-electron chi connectivity index (χ2n) is 5.98. The van der Waals surface area contributed by atoms with E-state index in [-0.39, 0.29) is 0 Å². The van der Waals surface area contributed by atoms with E-state index >= 15 is 0 Å². The molecule has 0 aromatic rings. The third kappa shape index (κ3) is 3.73. The molecule has 0 saturated heterocycles. The van der Waals surface area contributed by atoms with Crippen LogP contribution in [0.1, 0.15) is 64.2 Å². The van der Waals surface area contributed by atoms with Crippen molar-refractivity contribution in [1.29, 1.82) is 0 Å². The number of fused-ring (bicyclic) bond motifs is 1. The molecule has 0 aromatic heterocycles. The number of ketones is 1. The Morgan fingerprint density at radius 2 is 1.94 bits per heavy atom. The maximum atomic E-state index is 12.2. The summed E-state index contributed by atoms with van der Waals surface area (Å²) in [6.07, 6.45) is 14.6. The Morgan fingerprint density at radius 3 is 2.72 bits per heavy atom. The number of rotatable bonds is 5. The smallest absolute Gasteiger partial charge is 0.158 e. The van der Waals surface area contributed by atoms with Gasteiger partial charge in [-0.25, -0.2) is 0 Å². The van der Waals surface area contributed by atoms with Crippen LogP contribution in [0.2, 0.25) is 6.32 Å². The second kappa shape index (κ2) is 7.16. The van der Waals surface area contributed by atoms with Crippen molar-refractivity contribution in [1.82, 2.24) is 0 Å². The molecule has 2 atom stereocenters. The maximum absolute atomic E-state index is 12.2. The van der Waals surface area contributed by atoms with Crippen LogP contribution < -0.4 is 0 Å². The largest absolute Gasteiger partial charge is 0.295 e. The van der Waals surface area contributed by atoms with Gasteiger partial charge >= 0.3 is 0 Å². The van der Waals surface area contributed by atoms with Gasteiger partial charge in [-0.2, -0.15) is 0 Å². The zero-order chi connectivity index (χ0) is 12.8. The molecule has 0 bridgehead atoms. The molecule has 0 heterocycles. The van der Waals surface area contributed by atoms with Crippen LogP contribution in [0, 0.1) is 11.8 Å². The van der Waals surface area contributed by atoms with Crippen molar-refractivity contribution in [3.8, 4) is 0 Å². The molecule has 98 valence electrons. The summed E-state index contributed by atoms with van der Waals surface area (Å²) >= 11 is 0. The molecule has 2 radical (unpaired) electrons. The van der Waals surface area contributed by atoms with Crippen molar-refractivity contribution in [2.45, 2.75) is 70.5 Å². The number of unbranched alkanes of at least 4 members (excludes halogenated alkanes) is 1. The molecule has 0 spiro atoms. The van der Waals surface area contributed by atoms with Gasteiger partial charge in [-0.1, -0.05) is 38.1 Å². The van der Waals surface area contributed by atoms with Crippen molar-refractivity contribution >= 4 is 13.6 Å². The van der Waals surface area contributed by atoms with E-state index in [1.807, 2.05) is 0 Å². The lowest BCUT2D eigenvalue weighted by Gasteiger charge is -2.30. The fourth-order valence-electron chi connectivity index (χ4n) is 3.59. The Hall–Kier alpha value is -0.525. The quantitative estimate of drug-likeness (QED) is 0.522. The Kier molecular flexibility index (Phi) is 5.53. The topological polar surface area (TPSA) is 17.1 Å². The van der Waals surface area contributed by atoms with Gasteiger partial charge in [0.1, 0.15) is 0 Å². The first-order valence-electron chi connectivity index (χ1n) is 7.73. The molecule has 2 heteroatoms. The first-order valence-corrected chi connectivity index (χ1v) is 7.73. The van der Waals surface area contributed by atoms with Gasteiger partial charge in [-0.05, 0) is 49.5 Å². The second-order valence-corrected chi connectivity index (χ2v) is 5.98. The summed E-state index contributed by atoms with van der Waals surface area (Å²) in [5.74, 6) is 2.09. The van der Waals surface area contributed by atoms with Crippen LogP contribution >= 0.6 is 0 Å². The highest BCUT2D eigenvalue weighted by atomic mass is 16.1. The van der Waals surface area contributed by atoms with E-state index in [1.54, 1.807) is 0 Å². The van der Waals surface area contributed by atoms with E-state index in [2.05, 4.69) is 6.08 Å². The maximum Gasteiger partial charge on any atom is 0.158 e. The van der Waals surface area contributed by atoms with E-state index in [0.717, 1.165) is 43.1 Å². The van der Waals surface area contributed by atoms with E-state index in [1.165, 1.54) is 32.1 Å². The summed E-state index contributed by atoms with van der Waals surface area (Å²) in [6.45, 7) is 0. The van der Waals surface area contributed by atoms with Crippen LogP contribution in [0.5, 0.6) is 0 Å². The van der Waals surface area contributed by atoms with Crippen LogP contribution in [0.25, 0.3) is 0 Å². The molecule has 18 heavy (non-hydrogen) atoms. The van der Waals surface area contributed by atoms with Gasteiger partial charge in [0.25, 0.3) is 0 Å². The molecule has 1 fully saturated rings. The normalized spacial score (nSPS) is 28.1. The highest BCUT2D eigenvalue weighted by Gasteiger charge is 2.28. The van der Waals surface area contributed by atoms with Crippen molar-refractivity contribution < 1.29 is 4.79 Å². The summed E-state index contributed by atoms with van der Waals surface area (Å²) < 4.78 is 0. The van der Waals surface area contributed by atoms with Crippen LogP contribution in [0.15, 0.2) is 11.6 Å². The molecule has 2 unspecified atom stereocenters. The van der Waals surface area contributed by atoms with Crippen LogP contribution in [0.4, 0.5) is 0 Å². The predicted molar refractivity (Wildman–Crippen MR) is 76.8 cm³/mol. The Labute approximate surface area is 113 Å². The van der Waals surface area contributed by atoms with E-state index < -0.39 is 0 Å². The van der Waals surface area contributed by atoms with E-state index in [9.17, 15) is 4.79 Å². The minimum absolute atomic E-state index is 0.398. The SMILES string of the molecule is [B]CCCCC(=O)C1=CCCC2CCCCC2C1. The fourth-order valence-corrected chi connectivity index (χ4v) is 3.59. The van der Waals surface area contributed by atoms with E-state index in [0.29, 0.717) is 18.5 Å². The number of Topliss-reactive ketones (excluding diaryl/α,β-unsaturated/α-hetero) is 1. The summed E-state index contributed by atoms with van der Waals surface area (Å²) in [7, 11) is 5.48. The molecular weight excluding hydrogens is 219 g/mol. The van der Waals surface area contributed by atoms with Gasteiger partial charge in [-0.15, -0.1) is 0 Å². The molecule has 0 aliphatic heterocycles. The number of carbonyl (C=O) groups is 1. The molecule has 0 N–H and O–H groups in total. The minimum atomic E-state index is 0.398. The van der Waals surface area contributed by atoms with Crippen molar-refractivity contribution in [3.05, 3.63) is 11.6 Å². The lowest BCUT2D eigenvalue weighted by Crippen LogP contribution is -2.19. The summed E-state index contributed by atoms with van der Waals surface area (Å²) in [5.41, 5.74) is 1.14. The molecule has 1 saturated carbocycles. The van der Waals surface area contributed by atoms with Gasteiger partial charge in [0.2, 0.25) is 0 Å². The summed E-state index contributed by atoms with van der Waals surface area (Å²) in [4.78, 5) is 12.2. The Bertz CT molecular complexity index is 308. The standard InChI is InChI=1S/C16H25BO/c17-11-4-3-10-16(18)15-9-5-8-13-6-1-2-7-14(13)12-15/h9,13-14H,1-8,10-12H2. The molecular formula is C16H25BO. The average molecular weight is 244 g/mol. The summed E-state index contributed by atoms with van der Waals surface area (Å²) in [6, 6.07) is 0. The first kappa shape index (κ1) is 13.9. The van der Waals surface area contributed by atoms with Crippen LogP contribution in [-0.4, -0.2) is 13.6 Å². The monoisotopic (exact) mass is 244 g/mol. The minimum Gasteiger partial charge on any atom is -0.295 e. The number of allylic oxidation sites excluding steroid dienone is 2.